The molecule has 4 nitrogen and oxygen atoms in total. The average molecular weight is 243 g/mol. The number of ether oxygens (including phenoxy) is 1. The number of methoxy groups -OCH3 is 1. The third-order valence-corrected chi connectivity index (χ3v) is 4.36. The van der Waals surface area contributed by atoms with Crippen LogP contribution in [0, 0.1) is 6.92 Å². The van der Waals surface area contributed by atoms with Crippen molar-refractivity contribution in [3.63, 3.8) is 0 Å². The van der Waals surface area contributed by atoms with Crippen molar-refractivity contribution in [1.82, 2.24) is 0 Å². The topological polar surface area (TPSA) is 69.4 Å². The molecule has 0 atom stereocenters. The zero-order valence-corrected chi connectivity index (χ0v) is 10.4. The monoisotopic (exact) mass is 243 g/mol. The van der Waals surface area contributed by atoms with Gasteiger partial charge >= 0.3 is 0 Å². The third kappa shape index (κ3) is 2.96. The van der Waals surface area contributed by atoms with E-state index in [9.17, 15) is 8.42 Å². The minimum atomic E-state index is -3.25. The minimum Gasteiger partial charge on any atom is -0.398 e. The van der Waals surface area contributed by atoms with Crippen molar-refractivity contribution in [3.8, 4) is 0 Å². The Morgan fingerprint density at radius 2 is 2.06 bits per heavy atom. The summed E-state index contributed by atoms with van der Waals surface area (Å²) >= 11 is 0. The van der Waals surface area contributed by atoms with E-state index in [4.69, 9.17) is 10.5 Å². The molecule has 0 aliphatic carbocycles. The van der Waals surface area contributed by atoms with Gasteiger partial charge in [-0.1, -0.05) is 6.07 Å². The highest BCUT2D eigenvalue weighted by Crippen LogP contribution is 2.21. The van der Waals surface area contributed by atoms with E-state index in [1.807, 2.05) is 0 Å². The number of hydrogen-bond donors (Lipinski definition) is 1. The lowest BCUT2D eigenvalue weighted by Gasteiger charge is -2.09. The first-order chi connectivity index (χ1) is 7.49. The van der Waals surface area contributed by atoms with Crippen LogP contribution in [-0.2, 0) is 14.6 Å². The summed E-state index contributed by atoms with van der Waals surface area (Å²) in [5, 5.41) is 0. The van der Waals surface area contributed by atoms with Gasteiger partial charge < -0.3 is 10.5 Å². The van der Waals surface area contributed by atoms with Crippen LogP contribution in [0.15, 0.2) is 23.1 Å². The van der Waals surface area contributed by atoms with Gasteiger partial charge in [-0.25, -0.2) is 8.42 Å². The Hall–Kier alpha value is -1.07. The highest BCUT2D eigenvalue weighted by atomic mass is 32.2. The maximum atomic E-state index is 12.0. The summed E-state index contributed by atoms with van der Waals surface area (Å²) in [6, 6.07) is 4.95. The summed E-state index contributed by atoms with van der Waals surface area (Å²) < 4.78 is 28.8. The molecule has 0 heterocycles. The Balaban J connectivity index is 2.94. The normalized spacial score (nSPS) is 11.6. The molecule has 2 N–H and O–H groups in total. The largest absolute Gasteiger partial charge is 0.398 e. The maximum absolute atomic E-state index is 12.0. The number of nitrogen functional groups attached to an aromatic ring is 1. The Kier molecular flexibility index (Phi) is 4.32. The van der Waals surface area contributed by atoms with E-state index in [2.05, 4.69) is 0 Å². The quantitative estimate of drug-likeness (QED) is 0.626. The van der Waals surface area contributed by atoms with Gasteiger partial charge in [0.15, 0.2) is 9.84 Å². The molecule has 0 fully saturated rings. The fourth-order valence-electron chi connectivity index (χ4n) is 1.47. The lowest BCUT2D eigenvalue weighted by Crippen LogP contribution is -2.11. The van der Waals surface area contributed by atoms with Gasteiger partial charge in [-0.05, 0) is 31.0 Å². The second-order valence-electron chi connectivity index (χ2n) is 3.64. The highest BCUT2D eigenvalue weighted by Gasteiger charge is 2.17. The van der Waals surface area contributed by atoms with E-state index < -0.39 is 9.84 Å². The van der Waals surface area contributed by atoms with Crippen LogP contribution in [0.3, 0.4) is 0 Å². The fraction of sp³-hybridized carbons (Fsp3) is 0.455. The van der Waals surface area contributed by atoms with Gasteiger partial charge in [0.25, 0.3) is 0 Å². The van der Waals surface area contributed by atoms with Crippen molar-refractivity contribution in [2.45, 2.75) is 18.2 Å². The first-order valence-corrected chi connectivity index (χ1v) is 6.71. The number of benzene rings is 1. The molecule has 0 saturated carbocycles. The zero-order chi connectivity index (χ0) is 12.2. The van der Waals surface area contributed by atoms with Gasteiger partial charge in [-0.2, -0.15) is 0 Å². The van der Waals surface area contributed by atoms with Gasteiger partial charge in [-0.3, -0.25) is 0 Å². The maximum Gasteiger partial charge on any atom is 0.178 e. The molecule has 0 unspecified atom stereocenters. The van der Waals surface area contributed by atoms with E-state index in [0.29, 0.717) is 29.2 Å². The Bertz CT molecular complexity index is 454. The fourth-order valence-corrected chi connectivity index (χ4v) is 3.06. The summed E-state index contributed by atoms with van der Waals surface area (Å²) in [6.07, 6.45) is 0.493. The Labute approximate surface area is 96.3 Å². The molecule has 0 saturated heterocycles. The van der Waals surface area contributed by atoms with E-state index >= 15 is 0 Å². The highest BCUT2D eigenvalue weighted by molar-refractivity contribution is 7.91. The lowest BCUT2D eigenvalue weighted by atomic mass is 10.2. The second-order valence-corrected chi connectivity index (χ2v) is 5.71. The molecule has 0 spiro atoms. The average Bonchev–Trinajstić information content (AvgIpc) is 2.22. The van der Waals surface area contributed by atoms with Crippen LogP contribution in [-0.4, -0.2) is 27.9 Å². The SMILES string of the molecule is COCCCS(=O)(=O)c1cccc(N)c1C. The van der Waals surface area contributed by atoms with E-state index in [1.54, 1.807) is 32.2 Å². The summed E-state index contributed by atoms with van der Waals surface area (Å²) in [4.78, 5) is 0.323. The lowest BCUT2D eigenvalue weighted by molar-refractivity contribution is 0.199. The molecule has 16 heavy (non-hydrogen) atoms. The standard InChI is InChI=1S/C11H17NO3S/c1-9-10(12)5-3-6-11(9)16(13,14)8-4-7-15-2/h3,5-6H,4,7-8,12H2,1-2H3. The number of nitrogens with two attached hydrogens (primary N) is 1. The molecule has 1 aromatic rings. The van der Waals surface area contributed by atoms with E-state index in [0.717, 1.165) is 0 Å². The van der Waals surface area contributed by atoms with Crippen LogP contribution >= 0.6 is 0 Å². The number of sulfone groups is 1. The molecular formula is C11H17NO3S. The van der Waals surface area contributed by atoms with Gasteiger partial charge in [0.1, 0.15) is 0 Å². The minimum absolute atomic E-state index is 0.0884. The molecule has 0 amide bonds. The molecule has 0 radical (unpaired) electrons. The summed E-state index contributed by atoms with van der Waals surface area (Å²) in [7, 11) is -1.69. The zero-order valence-electron chi connectivity index (χ0n) is 9.56. The molecule has 1 aromatic carbocycles. The number of rotatable bonds is 5. The van der Waals surface area contributed by atoms with Gasteiger partial charge in [0.2, 0.25) is 0 Å². The first kappa shape index (κ1) is 13.0. The summed E-state index contributed by atoms with van der Waals surface area (Å²) in [5.74, 6) is 0.0884. The van der Waals surface area contributed by atoms with Gasteiger partial charge in [-0.15, -0.1) is 0 Å². The van der Waals surface area contributed by atoms with Crippen molar-refractivity contribution < 1.29 is 13.2 Å². The Morgan fingerprint density at radius 1 is 1.38 bits per heavy atom. The van der Waals surface area contributed by atoms with Crippen LogP contribution < -0.4 is 5.73 Å². The third-order valence-electron chi connectivity index (χ3n) is 2.42. The van der Waals surface area contributed by atoms with Crippen LogP contribution in [0.5, 0.6) is 0 Å². The summed E-state index contributed by atoms with van der Waals surface area (Å²) in [6.45, 7) is 2.17. The predicted molar refractivity (Wildman–Crippen MR) is 64.1 cm³/mol. The predicted octanol–water partition coefficient (Wildman–Crippen LogP) is 1.39. The molecule has 1 rings (SSSR count). The van der Waals surface area contributed by atoms with Gasteiger partial charge in [0, 0.05) is 19.4 Å². The van der Waals surface area contributed by atoms with Crippen molar-refractivity contribution >= 4 is 15.5 Å². The second kappa shape index (κ2) is 5.32. The Morgan fingerprint density at radius 3 is 2.69 bits per heavy atom. The molecule has 0 aliphatic rings. The molecule has 0 aromatic heterocycles. The number of anilines is 1. The van der Waals surface area contributed by atoms with Crippen molar-refractivity contribution in [1.29, 1.82) is 0 Å². The van der Waals surface area contributed by atoms with Crippen LogP contribution in [0.25, 0.3) is 0 Å². The first-order valence-electron chi connectivity index (χ1n) is 5.06. The van der Waals surface area contributed by atoms with Crippen LogP contribution in [0.2, 0.25) is 0 Å². The van der Waals surface area contributed by atoms with Crippen molar-refractivity contribution in [3.05, 3.63) is 23.8 Å². The molecule has 0 bridgehead atoms. The molecule has 90 valence electrons. The number of hydrogen-bond acceptors (Lipinski definition) is 4. The van der Waals surface area contributed by atoms with E-state index in [-0.39, 0.29) is 5.75 Å². The summed E-state index contributed by atoms with van der Waals surface area (Å²) in [5.41, 5.74) is 6.82. The smallest absolute Gasteiger partial charge is 0.178 e. The molecule has 0 aliphatic heterocycles. The molecular weight excluding hydrogens is 226 g/mol. The van der Waals surface area contributed by atoms with Crippen molar-refractivity contribution in [2.75, 3.05) is 25.2 Å². The molecule has 5 heteroatoms. The van der Waals surface area contributed by atoms with Crippen LogP contribution in [0.4, 0.5) is 5.69 Å². The van der Waals surface area contributed by atoms with Crippen LogP contribution in [0.1, 0.15) is 12.0 Å². The van der Waals surface area contributed by atoms with Crippen molar-refractivity contribution in [2.24, 2.45) is 0 Å². The van der Waals surface area contributed by atoms with Gasteiger partial charge in [0.05, 0.1) is 10.6 Å². The van der Waals surface area contributed by atoms with E-state index in [1.165, 1.54) is 0 Å².